The number of aromatic hydroxyl groups is 1. The SMILES string of the molecule is NC(=O)Cc1ccc(-c2cccc(-c3ccc(CC(N)=O)c(Cl)c3)c2O)cc1F. The van der Waals surface area contributed by atoms with E-state index in [1.165, 1.54) is 12.1 Å². The van der Waals surface area contributed by atoms with Crippen LogP contribution in [-0.4, -0.2) is 16.9 Å². The molecule has 0 radical (unpaired) electrons. The molecular formula is C22H18ClFN2O3. The molecule has 0 heterocycles. The molecule has 0 aromatic heterocycles. The van der Waals surface area contributed by atoms with E-state index in [0.717, 1.165) is 0 Å². The number of amides is 2. The molecule has 0 aliphatic heterocycles. The summed E-state index contributed by atoms with van der Waals surface area (Å²) >= 11 is 6.24. The molecule has 0 saturated carbocycles. The van der Waals surface area contributed by atoms with Crippen molar-refractivity contribution in [3.05, 3.63) is 76.6 Å². The monoisotopic (exact) mass is 412 g/mol. The van der Waals surface area contributed by atoms with E-state index in [9.17, 15) is 19.1 Å². The Labute approximate surface area is 171 Å². The Morgan fingerprint density at radius 1 is 0.862 bits per heavy atom. The number of halogens is 2. The number of phenolic OH excluding ortho intramolecular Hbond substituents is 1. The Bertz CT molecular complexity index is 1030. The maximum Gasteiger partial charge on any atom is 0.221 e. The van der Waals surface area contributed by atoms with Crippen molar-refractivity contribution < 1.29 is 19.1 Å². The lowest BCUT2D eigenvalue weighted by atomic mass is 9.95. The third-order valence-corrected chi connectivity index (χ3v) is 4.85. The normalized spacial score (nSPS) is 10.7. The average Bonchev–Trinajstić information content (AvgIpc) is 2.65. The molecule has 0 atom stereocenters. The summed E-state index contributed by atoms with van der Waals surface area (Å²) in [7, 11) is 0. The van der Waals surface area contributed by atoms with Crippen molar-refractivity contribution in [1.29, 1.82) is 0 Å². The van der Waals surface area contributed by atoms with Crippen LogP contribution in [0.4, 0.5) is 4.39 Å². The van der Waals surface area contributed by atoms with Crippen molar-refractivity contribution in [2.75, 3.05) is 0 Å². The minimum absolute atomic E-state index is 0.0159. The third kappa shape index (κ3) is 4.55. The zero-order valence-corrected chi connectivity index (χ0v) is 16.0. The van der Waals surface area contributed by atoms with Crippen LogP contribution in [0, 0.1) is 5.82 Å². The Hall–Kier alpha value is -3.38. The summed E-state index contributed by atoms with van der Waals surface area (Å²) in [5, 5.41) is 11.1. The van der Waals surface area contributed by atoms with Gasteiger partial charge in [0, 0.05) is 16.1 Å². The van der Waals surface area contributed by atoms with Gasteiger partial charge in [0.25, 0.3) is 0 Å². The molecular weight excluding hydrogens is 395 g/mol. The summed E-state index contributed by atoms with van der Waals surface area (Å²) in [6.07, 6.45) is -0.184. The number of nitrogens with two attached hydrogens (primary N) is 2. The number of para-hydroxylation sites is 1. The molecule has 5 nitrogen and oxygen atoms in total. The van der Waals surface area contributed by atoms with Gasteiger partial charge >= 0.3 is 0 Å². The zero-order chi connectivity index (χ0) is 21.1. The Balaban J connectivity index is 2.00. The summed E-state index contributed by atoms with van der Waals surface area (Å²) in [6.45, 7) is 0. The van der Waals surface area contributed by atoms with Gasteiger partial charge in [-0.25, -0.2) is 4.39 Å². The summed E-state index contributed by atoms with van der Waals surface area (Å²) in [6, 6.07) is 14.5. The second-order valence-corrected chi connectivity index (χ2v) is 7.01. The molecule has 3 rings (SSSR count). The minimum Gasteiger partial charge on any atom is -0.507 e. The average molecular weight is 413 g/mol. The van der Waals surface area contributed by atoms with Gasteiger partial charge in [0.1, 0.15) is 11.6 Å². The lowest BCUT2D eigenvalue weighted by molar-refractivity contribution is -0.118. The first-order valence-electron chi connectivity index (χ1n) is 8.72. The lowest BCUT2D eigenvalue weighted by Crippen LogP contribution is -2.14. The summed E-state index contributed by atoms with van der Waals surface area (Å²) < 4.78 is 14.3. The van der Waals surface area contributed by atoms with E-state index in [4.69, 9.17) is 23.1 Å². The number of primary amides is 2. The summed E-state index contributed by atoms with van der Waals surface area (Å²) in [5.74, 6) is -1.75. The number of carbonyl (C=O) groups is 2. The molecule has 0 unspecified atom stereocenters. The van der Waals surface area contributed by atoms with E-state index < -0.39 is 17.6 Å². The Kier molecular flexibility index (Phi) is 5.84. The lowest BCUT2D eigenvalue weighted by Gasteiger charge is -2.12. The van der Waals surface area contributed by atoms with Crippen molar-refractivity contribution in [1.82, 2.24) is 0 Å². The van der Waals surface area contributed by atoms with Crippen LogP contribution < -0.4 is 11.5 Å². The molecule has 0 spiro atoms. The first-order chi connectivity index (χ1) is 13.8. The Morgan fingerprint density at radius 3 is 1.90 bits per heavy atom. The highest BCUT2D eigenvalue weighted by atomic mass is 35.5. The molecule has 29 heavy (non-hydrogen) atoms. The van der Waals surface area contributed by atoms with Crippen molar-refractivity contribution >= 4 is 23.4 Å². The van der Waals surface area contributed by atoms with E-state index >= 15 is 0 Å². The number of benzene rings is 3. The van der Waals surface area contributed by atoms with Crippen LogP contribution in [0.5, 0.6) is 5.75 Å². The fourth-order valence-corrected chi connectivity index (χ4v) is 3.35. The van der Waals surface area contributed by atoms with Crippen molar-refractivity contribution in [3.8, 4) is 28.0 Å². The fraction of sp³-hybridized carbons (Fsp3) is 0.0909. The van der Waals surface area contributed by atoms with E-state index in [1.54, 1.807) is 42.5 Å². The van der Waals surface area contributed by atoms with Crippen LogP contribution in [0.25, 0.3) is 22.3 Å². The number of phenols is 1. The highest BCUT2D eigenvalue weighted by Gasteiger charge is 2.15. The molecule has 0 bridgehead atoms. The topological polar surface area (TPSA) is 106 Å². The molecule has 3 aromatic rings. The molecule has 3 aromatic carbocycles. The van der Waals surface area contributed by atoms with E-state index in [-0.39, 0.29) is 24.2 Å². The van der Waals surface area contributed by atoms with Crippen molar-refractivity contribution in [3.63, 3.8) is 0 Å². The van der Waals surface area contributed by atoms with Crippen LogP contribution in [0.1, 0.15) is 11.1 Å². The second-order valence-electron chi connectivity index (χ2n) is 6.60. The first-order valence-corrected chi connectivity index (χ1v) is 9.10. The van der Waals surface area contributed by atoms with Gasteiger partial charge in [0.05, 0.1) is 12.8 Å². The smallest absolute Gasteiger partial charge is 0.221 e. The predicted octanol–water partition coefficient (Wildman–Crippen LogP) is 3.57. The third-order valence-electron chi connectivity index (χ3n) is 4.49. The van der Waals surface area contributed by atoms with Gasteiger partial charge in [-0.3, -0.25) is 9.59 Å². The van der Waals surface area contributed by atoms with Crippen molar-refractivity contribution in [2.24, 2.45) is 11.5 Å². The first kappa shape index (κ1) is 20.4. The van der Waals surface area contributed by atoms with E-state index in [0.29, 0.717) is 32.8 Å². The molecule has 0 aliphatic rings. The van der Waals surface area contributed by atoms with Crippen LogP contribution >= 0.6 is 11.6 Å². The molecule has 148 valence electrons. The maximum atomic E-state index is 14.3. The standard InChI is InChI=1S/C22H18ClFN2O3/c23-18-8-12(4-6-14(18)10-20(25)27)16-2-1-3-17(22(16)29)13-5-7-15(11-21(26)28)19(24)9-13/h1-9,29H,10-11H2,(H2,25,27)(H2,26,28). The van der Waals surface area contributed by atoms with Gasteiger partial charge in [-0.05, 0) is 34.4 Å². The van der Waals surface area contributed by atoms with Gasteiger partial charge in [0.15, 0.2) is 0 Å². The summed E-state index contributed by atoms with van der Waals surface area (Å²) in [5.41, 5.74) is 13.1. The van der Waals surface area contributed by atoms with Gasteiger partial charge in [-0.1, -0.05) is 54.1 Å². The highest BCUT2D eigenvalue weighted by molar-refractivity contribution is 6.31. The largest absolute Gasteiger partial charge is 0.507 e. The quantitative estimate of drug-likeness (QED) is 0.576. The molecule has 0 aliphatic carbocycles. The summed E-state index contributed by atoms with van der Waals surface area (Å²) in [4.78, 5) is 22.1. The van der Waals surface area contributed by atoms with Crippen LogP contribution in [0.15, 0.2) is 54.6 Å². The van der Waals surface area contributed by atoms with E-state index in [1.807, 2.05) is 0 Å². The fourth-order valence-electron chi connectivity index (χ4n) is 3.10. The number of rotatable bonds is 6. The zero-order valence-electron chi connectivity index (χ0n) is 15.3. The number of hydrogen-bond donors (Lipinski definition) is 3. The van der Waals surface area contributed by atoms with Gasteiger partial charge < -0.3 is 16.6 Å². The highest BCUT2D eigenvalue weighted by Crippen LogP contribution is 2.39. The number of hydrogen-bond acceptors (Lipinski definition) is 3. The number of carbonyl (C=O) groups excluding carboxylic acids is 2. The molecule has 7 heteroatoms. The second kappa shape index (κ2) is 8.32. The molecule has 0 saturated heterocycles. The van der Waals surface area contributed by atoms with Gasteiger partial charge in [-0.2, -0.15) is 0 Å². The van der Waals surface area contributed by atoms with Gasteiger partial charge in [0.2, 0.25) is 11.8 Å². The molecule has 5 N–H and O–H groups in total. The van der Waals surface area contributed by atoms with Crippen LogP contribution in [-0.2, 0) is 22.4 Å². The van der Waals surface area contributed by atoms with Crippen LogP contribution in [0.2, 0.25) is 5.02 Å². The van der Waals surface area contributed by atoms with Crippen LogP contribution in [0.3, 0.4) is 0 Å². The minimum atomic E-state index is -0.627. The molecule has 2 amide bonds. The Morgan fingerprint density at radius 2 is 1.38 bits per heavy atom. The maximum absolute atomic E-state index is 14.3. The van der Waals surface area contributed by atoms with E-state index in [2.05, 4.69) is 0 Å². The van der Waals surface area contributed by atoms with Gasteiger partial charge in [-0.15, -0.1) is 0 Å². The van der Waals surface area contributed by atoms with Crippen molar-refractivity contribution in [2.45, 2.75) is 12.8 Å². The molecule has 0 fully saturated rings. The predicted molar refractivity (Wildman–Crippen MR) is 110 cm³/mol.